The first kappa shape index (κ1) is 20.8. The quantitative estimate of drug-likeness (QED) is 0.579. The number of amides is 1. The van der Waals surface area contributed by atoms with Crippen LogP contribution in [0.15, 0.2) is 23.3 Å². The molecule has 0 radical (unpaired) electrons. The summed E-state index contributed by atoms with van der Waals surface area (Å²) >= 11 is 0. The Kier molecular flexibility index (Phi) is 8.67. The highest BCUT2D eigenvalue weighted by Gasteiger charge is 2.23. The van der Waals surface area contributed by atoms with Gasteiger partial charge in [-0.2, -0.15) is 0 Å². The van der Waals surface area contributed by atoms with Crippen molar-refractivity contribution < 1.29 is 14.3 Å². The maximum Gasteiger partial charge on any atom is 0.409 e. The molecule has 0 bridgehead atoms. The first-order valence-electron chi connectivity index (χ1n) is 9.70. The Morgan fingerprint density at radius 3 is 2.52 bits per heavy atom. The third kappa shape index (κ3) is 6.62. The number of carbonyl (C=O) groups is 1. The van der Waals surface area contributed by atoms with Crippen LogP contribution in [0.3, 0.4) is 0 Å². The molecule has 0 spiro atoms. The third-order valence-electron chi connectivity index (χ3n) is 4.10. The van der Waals surface area contributed by atoms with E-state index in [2.05, 4.69) is 22.1 Å². The molecule has 1 fully saturated rings. The van der Waals surface area contributed by atoms with Gasteiger partial charge in [0.05, 0.1) is 19.8 Å². The van der Waals surface area contributed by atoms with Gasteiger partial charge in [-0.15, -0.1) is 0 Å². The molecule has 1 N–H and O–H groups in total. The molecule has 1 aromatic heterocycles. The summed E-state index contributed by atoms with van der Waals surface area (Å²) in [4.78, 5) is 24.8. The van der Waals surface area contributed by atoms with E-state index >= 15 is 0 Å². The first-order valence-corrected chi connectivity index (χ1v) is 9.70. The summed E-state index contributed by atoms with van der Waals surface area (Å²) in [6.07, 6.45) is 2.52. The molecule has 27 heavy (non-hydrogen) atoms. The molecule has 1 aliphatic heterocycles. The van der Waals surface area contributed by atoms with Crippen LogP contribution in [0.1, 0.15) is 32.8 Å². The SMILES string of the molecule is CCCOc1ccc(CN=C(NCC)N2CCN(C(=O)OCC)CC2)cn1. The standard InChI is InChI=1S/C19H31N5O3/c1-4-13-27-17-8-7-16(14-21-17)15-22-18(20-5-2)23-9-11-24(12-10-23)19(25)26-6-3/h7-8,14H,4-6,9-13,15H2,1-3H3,(H,20,22). The van der Waals surface area contributed by atoms with Gasteiger partial charge in [-0.1, -0.05) is 13.0 Å². The van der Waals surface area contributed by atoms with Gasteiger partial charge in [0.2, 0.25) is 5.88 Å². The molecule has 0 aliphatic carbocycles. The molecule has 0 unspecified atom stereocenters. The number of aliphatic imine (C=N–C) groups is 1. The maximum atomic E-state index is 11.8. The van der Waals surface area contributed by atoms with Gasteiger partial charge in [-0.25, -0.2) is 14.8 Å². The fraction of sp³-hybridized carbons (Fsp3) is 0.632. The second-order valence-electron chi connectivity index (χ2n) is 6.20. The molecule has 0 saturated carbocycles. The number of rotatable bonds is 7. The van der Waals surface area contributed by atoms with Gasteiger partial charge >= 0.3 is 6.09 Å². The van der Waals surface area contributed by atoms with Crippen LogP contribution in [-0.2, 0) is 11.3 Å². The molecular weight excluding hydrogens is 346 g/mol. The minimum absolute atomic E-state index is 0.240. The van der Waals surface area contributed by atoms with E-state index in [9.17, 15) is 4.79 Å². The summed E-state index contributed by atoms with van der Waals surface area (Å²) < 4.78 is 10.6. The zero-order chi connectivity index (χ0) is 19.5. The van der Waals surface area contributed by atoms with Crippen LogP contribution in [-0.4, -0.2) is 72.8 Å². The fourth-order valence-electron chi connectivity index (χ4n) is 2.70. The second-order valence-corrected chi connectivity index (χ2v) is 6.20. The zero-order valence-electron chi connectivity index (χ0n) is 16.6. The molecule has 150 valence electrons. The lowest BCUT2D eigenvalue weighted by molar-refractivity contribution is 0.0914. The van der Waals surface area contributed by atoms with E-state index in [1.807, 2.05) is 26.0 Å². The van der Waals surface area contributed by atoms with Gasteiger partial charge < -0.3 is 24.6 Å². The molecule has 2 rings (SSSR count). The van der Waals surface area contributed by atoms with Crippen molar-refractivity contribution in [1.82, 2.24) is 20.1 Å². The van der Waals surface area contributed by atoms with E-state index in [0.717, 1.165) is 37.6 Å². The Balaban J connectivity index is 1.91. The van der Waals surface area contributed by atoms with Crippen molar-refractivity contribution in [3.8, 4) is 5.88 Å². The average molecular weight is 377 g/mol. The number of carbonyl (C=O) groups excluding carboxylic acids is 1. The van der Waals surface area contributed by atoms with Gasteiger partial charge in [0.1, 0.15) is 0 Å². The van der Waals surface area contributed by atoms with Gasteiger partial charge in [0.15, 0.2) is 5.96 Å². The number of guanidine groups is 1. The highest BCUT2D eigenvalue weighted by Crippen LogP contribution is 2.10. The van der Waals surface area contributed by atoms with Crippen LogP contribution in [0.2, 0.25) is 0 Å². The third-order valence-corrected chi connectivity index (χ3v) is 4.10. The number of ether oxygens (including phenoxy) is 2. The number of pyridine rings is 1. The van der Waals surface area contributed by atoms with E-state index in [0.29, 0.717) is 38.7 Å². The van der Waals surface area contributed by atoms with Crippen molar-refractivity contribution in [1.29, 1.82) is 0 Å². The molecule has 0 aromatic carbocycles. The van der Waals surface area contributed by atoms with Crippen molar-refractivity contribution in [3.05, 3.63) is 23.9 Å². The van der Waals surface area contributed by atoms with Crippen LogP contribution < -0.4 is 10.1 Å². The number of nitrogens with one attached hydrogen (secondary N) is 1. The highest BCUT2D eigenvalue weighted by molar-refractivity contribution is 5.80. The Hall–Kier alpha value is -2.51. The van der Waals surface area contributed by atoms with Gasteiger partial charge in [0, 0.05) is 45.0 Å². The van der Waals surface area contributed by atoms with Crippen molar-refractivity contribution in [2.45, 2.75) is 33.7 Å². The van der Waals surface area contributed by atoms with E-state index in [4.69, 9.17) is 14.5 Å². The van der Waals surface area contributed by atoms with Gasteiger partial charge in [-0.3, -0.25) is 0 Å². The summed E-state index contributed by atoms with van der Waals surface area (Å²) in [7, 11) is 0. The predicted molar refractivity (Wildman–Crippen MR) is 105 cm³/mol. The number of piperazine rings is 1. The van der Waals surface area contributed by atoms with Crippen LogP contribution in [0.25, 0.3) is 0 Å². The number of nitrogens with zero attached hydrogens (tertiary/aromatic N) is 4. The van der Waals surface area contributed by atoms with E-state index in [1.54, 1.807) is 11.1 Å². The molecule has 8 nitrogen and oxygen atoms in total. The molecule has 0 atom stereocenters. The molecule has 1 aromatic rings. The number of aromatic nitrogens is 1. The summed E-state index contributed by atoms with van der Waals surface area (Å²) in [5, 5.41) is 3.33. The van der Waals surface area contributed by atoms with Crippen molar-refractivity contribution in [2.24, 2.45) is 4.99 Å². The summed E-state index contributed by atoms with van der Waals surface area (Å²) in [5.74, 6) is 1.50. The van der Waals surface area contributed by atoms with Gasteiger partial charge in [0.25, 0.3) is 0 Å². The summed E-state index contributed by atoms with van der Waals surface area (Å²) in [5.41, 5.74) is 1.03. The molecular formula is C19H31N5O3. The summed E-state index contributed by atoms with van der Waals surface area (Å²) in [6.45, 7) is 11.1. The molecule has 1 saturated heterocycles. The Morgan fingerprint density at radius 1 is 1.19 bits per heavy atom. The van der Waals surface area contributed by atoms with Crippen molar-refractivity contribution in [2.75, 3.05) is 45.9 Å². The Bertz CT molecular complexity index is 598. The zero-order valence-corrected chi connectivity index (χ0v) is 16.6. The van der Waals surface area contributed by atoms with Gasteiger partial charge in [-0.05, 0) is 25.8 Å². The second kappa shape index (κ2) is 11.3. The number of hydrogen-bond donors (Lipinski definition) is 1. The number of hydrogen-bond acceptors (Lipinski definition) is 5. The first-order chi connectivity index (χ1) is 13.2. The lowest BCUT2D eigenvalue weighted by Gasteiger charge is -2.35. The predicted octanol–water partition coefficient (Wildman–Crippen LogP) is 2.11. The Labute approximate surface area is 161 Å². The minimum Gasteiger partial charge on any atom is -0.478 e. The molecule has 1 aliphatic rings. The lowest BCUT2D eigenvalue weighted by Crippen LogP contribution is -2.53. The normalized spacial score (nSPS) is 14.9. The monoisotopic (exact) mass is 377 g/mol. The minimum atomic E-state index is -0.240. The van der Waals surface area contributed by atoms with Crippen LogP contribution in [0.5, 0.6) is 5.88 Å². The maximum absolute atomic E-state index is 11.8. The average Bonchev–Trinajstić information content (AvgIpc) is 2.70. The topological polar surface area (TPSA) is 79.3 Å². The van der Waals surface area contributed by atoms with E-state index < -0.39 is 0 Å². The van der Waals surface area contributed by atoms with Crippen molar-refractivity contribution >= 4 is 12.1 Å². The van der Waals surface area contributed by atoms with E-state index in [-0.39, 0.29) is 6.09 Å². The fourth-order valence-corrected chi connectivity index (χ4v) is 2.70. The molecule has 8 heteroatoms. The lowest BCUT2D eigenvalue weighted by atomic mass is 10.3. The van der Waals surface area contributed by atoms with Crippen LogP contribution in [0, 0.1) is 0 Å². The highest BCUT2D eigenvalue weighted by atomic mass is 16.6. The van der Waals surface area contributed by atoms with E-state index in [1.165, 1.54) is 0 Å². The molecule has 2 heterocycles. The smallest absolute Gasteiger partial charge is 0.409 e. The van der Waals surface area contributed by atoms with Crippen LogP contribution >= 0.6 is 0 Å². The molecule has 1 amide bonds. The van der Waals surface area contributed by atoms with Crippen molar-refractivity contribution in [3.63, 3.8) is 0 Å². The Morgan fingerprint density at radius 2 is 1.93 bits per heavy atom. The largest absolute Gasteiger partial charge is 0.478 e. The summed E-state index contributed by atoms with van der Waals surface area (Å²) in [6, 6.07) is 3.87. The van der Waals surface area contributed by atoms with Crippen LogP contribution in [0.4, 0.5) is 4.79 Å².